The minimum Gasteiger partial charge on any atom is -0.381 e. The van der Waals surface area contributed by atoms with Gasteiger partial charge >= 0.3 is 0 Å². The maximum absolute atomic E-state index is 13.5. The van der Waals surface area contributed by atoms with Crippen LogP contribution in [-0.2, 0) is 0 Å². The lowest BCUT2D eigenvalue weighted by Gasteiger charge is -2.06. The van der Waals surface area contributed by atoms with Gasteiger partial charge in [0.05, 0.1) is 11.2 Å². The third-order valence-electron chi connectivity index (χ3n) is 3.13. The van der Waals surface area contributed by atoms with Gasteiger partial charge in [0.2, 0.25) is 0 Å². The van der Waals surface area contributed by atoms with E-state index in [9.17, 15) is 4.39 Å². The molecule has 20 heavy (non-hydrogen) atoms. The lowest BCUT2D eigenvalue weighted by Crippen LogP contribution is -2.02. The number of halogens is 1. The van der Waals surface area contributed by atoms with Crippen LogP contribution in [-0.4, -0.2) is 15.0 Å². The molecule has 4 nitrogen and oxygen atoms in total. The van der Waals surface area contributed by atoms with Crippen molar-refractivity contribution in [3.05, 3.63) is 47.5 Å². The summed E-state index contributed by atoms with van der Waals surface area (Å²) in [6.07, 6.45) is 0. The van der Waals surface area contributed by atoms with Gasteiger partial charge in [-0.2, -0.15) is 0 Å². The van der Waals surface area contributed by atoms with Gasteiger partial charge in [-0.05, 0) is 38.1 Å². The highest BCUT2D eigenvalue weighted by Gasteiger charge is 2.10. The van der Waals surface area contributed by atoms with Crippen LogP contribution in [0.1, 0.15) is 11.4 Å². The van der Waals surface area contributed by atoms with E-state index in [-0.39, 0.29) is 11.5 Å². The van der Waals surface area contributed by atoms with Crippen LogP contribution in [0.15, 0.2) is 30.3 Å². The molecule has 0 bridgehead atoms. The first-order valence-electron chi connectivity index (χ1n) is 6.22. The summed E-state index contributed by atoms with van der Waals surface area (Å²) in [4.78, 5) is 12.6. The van der Waals surface area contributed by atoms with E-state index in [1.165, 1.54) is 0 Å². The summed E-state index contributed by atoms with van der Waals surface area (Å²) in [7, 11) is 0. The lowest BCUT2D eigenvalue weighted by atomic mass is 10.1. The Morgan fingerprint density at radius 2 is 1.80 bits per heavy atom. The van der Waals surface area contributed by atoms with Gasteiger partial charge in [0, 0.05) is 16.6 Å². The molecule has 0 radical (unpaired) electrons. The Labute approximate surface area is 115 Å². The molecule has 3 rings (SSSR count). The van der Waals surface area contributed by atoms with Gasteiger partial charge in [-0.1, -0.05) is 6.07 Å². The fourth-order valence-electron chi connectivity index (χ4n) is 2.08. The predicted molar refractivity (Wildman–Crippen MR) is 76.6 cm³/mol. The minimum absolute atomic E-state index is 0.130. The normalized spacial score (nSPS) is 10.9. The Bertz CT molecular complexity index is 791. The van der Waals surface area contributed by atoms with Crippen LogP contribution in [0.3, 0.4) is 0 Å². The average Bonchev–Trinajstić information content (AvgIpc) is 2.43. The van der Waals surface area contributed by atoms with Gasteiger partial charge in [-0.3, -0.25) is 4.98 Å². The first-order chi connectivity index (χ1) is 9.54. The molecule has 2 heterocycles. The summed E-state index contributed by atoms with van der Waals surface area (Å²) in [5, 5.41) is 0.984. The molecule has 2 N–H and O–H groups in total. The molecular formula is C15H13FN4. The molecule has 0 amide bonds. The van der Waals surface area contributed by atoms with Gasteiger partial charge in [0.1, 0.15) is 0 Å². The highest BCUT2D eigenvalue weighted by molar-refractivity contribution is 5.83. The molecular weight excluding hydrogens is 255 g/mol. The first-order valence-corrected chi connectivity index (χ1v) is 6.22. The number of hydrogen-bond acceptors (Lipinski definition) is 4. The van der Waals surface area contributed by atoms with E-state index < -0.39 is 5.82 Å². The number of hydrogen-bond donors (Lipinski definition) is 1. The molecule has 2 aromatic heterocycles. The second kappa shape index (κ2) is 4.52. The van der Waals surface area contributed by atoms with Gasteiger partial charge < -0.3 is 5.73 Å². The number of benzene rings is 1. The van der Waals surface area contributed by atoms with E-state index in [2.05, 4.69) is 15.0 Å². The van der Waals surface area contributed by atoms with Crippen molar-refractivity contribution in [1.29, 1.82) is 0 Å². The lowest BCUT2D eigenvalue weighted by molar-refractivity contribution is 0.608. The molecule has 0 saturated carbocycles. The molecule has 5 heteroatoms. The van der Waals surface area contributed by atoms with Crippen molar-refractivity contribution < 1.29 is 4.39 Å². The SMILES string of the molecule is Cc1ccc2cc(-c3nc(C)c(F)c(N)n3)ccc2n1. The van der Waals surface area contributed by atoms with Crippen molar-refractivity contribution in [2.75, 3.05) is 5.73 Å². The summed E-state index contributed by atoms with van der Waals surface area (Å²) < 4.78 is 13.5. The second-order valence-corrected chi connectivity index (χ2v) is 4.69. The van der Waals surface area contributed by atoms with Crippen LogP contribution < -0.4 is 5.73 Å². The summed E-state index contributed by atoms with van der Waals surface area (Å²) >= 11 is 0. The second-order valence-electron chi connectivity index (χ2n) is 4.69. The summed E-state index contributed by atoms with van der Waals surface area (Å²) in [5.74, 6) is -0.273. The predicted octanol–water partition coefficient (Wildman–Crippen LogP) is 3.03. The fourth-order valence-corrected chi connectivity index (χ4v) is 2.08. The van der Waals surface area contributed by atoms with E-state index >= 15 is 0 Å². The van der Waals surface area contributed by atoms with Crippen molar-refractivity contribution in [1.82, 2.24) is 15.0 Å². The Morgan fingerprint density at radius 1 is 1.00 bits per heavy atom. The van der Waals surface area contributed by atoms with Crippen LogP contribution >= 0.6 is 0 Å². The van der Waals surface area contributed by atoms with Crippen LogP contribution in [0, 0.1) is 19.7 Å². The zero-order valence-electron chi connectivity index (χ0n) is 11.2. The van der Waals surface area contributed by atoms with E-state index in [0.717, 1.165) is 22.2 Å². The Balaban J connectivity index is 2.17. The monoisotopic (exact) mass is 268 g/mol. The number of nitrogens with two attached hydrogens (primary N) is 1. The number of aryl methyl sites for hydroxylation is 2. The molecule has 0 spiro atoms. The van der Waals surface area contributed by atoms with Crippen LogP contribution in [0.4, 0.5) is 10.2 Å². The molecule has 0 fully saturated rings. The third kappa shape index (κ3) is 2.07. The van der Waals surface area contributed by atoms with Gasteiger partial charge in [0.25, 0.3) is 0 Å². The number of nitrogens with zero attached hydrogens (tertiary/aromatic N) is 3. The van der Waals surface area contributed by atoms with Crippen molar-refractivity contribution in [2.45, 2.75) is 13.8 Å². The standard InChI is InChI=1S/C15H13FN4/c1-8-3-4-10-7-11(5-6-12(10)18-8)15-19-9(2)13(16)14(17)20-15/h3-7H,1-2H3,(H2,17,19,20). The molecule has 100 valence electrons. The Morgan fingerprint density at radius 3 is 2.55 bits per heavy atom. The molecule has 0 unspecified atom stereocenters. The molecule has 3 aromatic rings. The molecule has 0 aliphatic carbocycles. The zero-order chi connectivity index (χ0) is 14.3. The number of nitrogen functional groups attached to an aromatic ring is 1. The fraction of sp³-hybridized carbons (Fsp3) is 0.133. The molecule has 0 atom stereocenters. The van der Waals surface area contributed by atoms with Crippen molar-refractivity contribution in [3.63, 3.8) is 0 Å². The van der Waals surface area contributed by atoms with E-state index in [1.807, 2.05) is 37.3 Å². The number of rotatable bonds is 1. The topological polar surface area (TPSA) is 64.7 Å². The minimum atomic E-state index is -0.563. The zero-order valence-corrected chi connectivity index (χ0v) is 11.2. The molecule has 0 saturated heterocycles. The highest BCUT2D eigenvalue weighted by Crippen LogP contribution is 2.23. The van der Waals surface area contributed by atoms with E-state index in [4.69, 9.17) is 5.73 Å². The maximum Gasteiger partial charge on any atom is 0.186 e. The third-order valence-corrected chi connectivity index (χ3v) is 3.13. The first kappa shape index (κ1) is 12.5. The highest BCUT2D eigenvalue weighted by atomic mass is 19.1. The molecule has 1 aromatic carbocycles. The maximum atomic E-state index is 13.5. The van der Waals surface area contributed by atoms with Gasteiger partial charge in [-0.15, -0.1) is 0 Å². The van der Waals surface area contributed by atoms with E-state index in [1.54, 1.807) is 6.92 Å². The summed E-state index contributed by atoms with van der Waals surface area (Å²) in [5.41, 5.74) is 8.45. The van der Waals surface area contributed by atoms with Gasteiger partial charge in [-0.25, -0.2) is 14.4 Å². The average molecular weight is 268 g/mol. The Kier molecular flexibility index (Phi) is 2.82. The van der Waals surface area contributed by atoms with Crippen molar-refractivity contribution in [2.24, 2.45) is 0 Å². The van der Waals surface area contributed by atoms with Crippen molar-refractivity contribution in [3.8, 4) is 11.4 Å². The largest absolute Gasteiger partial charge is 0.381 e. The van der Waals surface area contributed by atoms with Gasteiger partial charge in [0.15, 0.2) is 17.5 Å². The van der Waals surface area contributed by atoms with Crippen LogP contribution in [0.2, 0.25) is 0 Å². The Hall–Kier alpha value is -2.56. The molecule has 0 aliphatic rings. The number of anilines is 1. The smallest absolute Gasteiger partial charge is 0.186 e. The quantitative estimate of drug-likeness (QED) is 0.736. The molecule has 0 aliphatic heterocycles. The van der Waals surface area contributed by atoms with Crippen molar-refractivity contribution >= 4 is 16.7 Å². The van der Waals surface area contributed by atoms with Crippen LogP contribution in [0.25, 0.3) is 22.3 Å². The number of pyridine rings is 1. The summed E-state index contributed by atoms with van der Waals surface area (Å²) in [6.45, 7) is 3.52. The van der Waals surface area contributed by atoms with E-state index in [0.29, 0.717) is 5.82 Å². The summed E-state index contributed by atoms with van der Waals surface area (Å²) in [6, 6.07) is 9.61. The number of aromatic nitrogens is 3. The number of fused-ring (bicyclic) bond motifs is 1. The van der Waals surface area contributed by atoms with Crippen LogP contribution in [0.5, 0.6) is 0 Å².